The first-order valence-electron chi connectivity index (χ1n) is 8.45. The minimum Gasteiger partial charge on any atom is -0.293 e. The zero-order valence-corrected chi connectivity index (χ0v) is 15.1. The van der Waals surface area contributed by atoms with Gasteiger partial charge in [-0.05, 0) is 29.1 Å². The van der Waals surface area contributed by atoms with Gasteiger partial charge in [0.25, 0.3) is 0 Å². The molecule has 0 saturated carbocycles. The van der Waals surface area contributed by atoms with E-state index in [1.807, 2.05) is 77.1 Å². The lowest BCUT2D eigenvalue weighted by Gasteiger charge is -2.25. The van der Waals surface area contributed by atoms with Gasteiger partial charge in [-0.25, -0.2) is 0 Å². The molecule has 0 unspecified atom stereocenters. The molecule has 0 spiro atoms. The van der Waals surface area contributed by atoms with Crippen LogP contribution in [0.15, 0.2) is 78.2 Å². The number of benzene rings is 2. The highest BCUT2D eigenvalue weighted by Crippen LogP contribution is 2.16. The summed E-state index contributed by atoms with van der Waals surface area (Å²) >= 11 is 1.40. The number of Topliss-reactive ketones (excluding diaryl/α,β-unsaturated/α-hetero) is 1. The van der Waals surface area contributed by atoms with Crippen molar-refractivity contribution in [3.05, 3.63) is 88.6 Å². The Morgan fingerprint density at radius 2 is 1.54 bits per heavy atom. The predicted octanol–water partition coefficient (Wildman–Crippen LogP) is 4.45. The maximum atomic E-state index is 12.4. The third kappa shape index (κ3) is 5.04. The fraction of sp³-hybridized carbons (Fsp3) is 0.143. The summed E-state index contributed by atoms with van der Waals surface area (Å²) in [7, 11) is 0. The van der Waals surface area contributed by atoms with E-state index in [4.69, 9.17) is 0 Å². The number of carbonyl (C=O) groups is 2. The first-order valence-corrected chi connectivity index (χ1v) is 9.33. The second kappa shape index (κ2) is 8.97. The summed E-state index contributed by atoms with van der Waals surface area (Å²) in [5, 5.41) is 3.68. The molecule has 0 aliphatic carbocycles. The highest BCUT2D eigenvalue weighted by atomic mass is 32.1. The van der Waals surface area contributed by atoms with Crippen molar-refractivity contribution in [1.82, 2.24) is 5.43 Å². The average Bonchev–Trinajstić information content (AvgIpc) is 3.22. The second-order valence-corrected chi connectivity index (χ2v) is 6.79. The number of thiophene rings is 1. The molecule has 3 aromatic rings. The number of rotatable bonds is 8. The van der Waals surface area contributed by atoms with Crippen molar-refractivity contribution < 1.29 is 9.59 Å². The van der Waals surface area contributed by atoms with Crippen LogP contribution in [0.2, 0.25) is 0 Å². The molecule has 3 rings (SSSR count). The lowest BCUT2D eigenvalue weighted by Crippen LogP contribution is -2.42. The molecular weight excluding hydrogens is 344 g/mol. The lowest BCUT2D eigenvalue weighted by atomic mass is 10.2. The van der Waals surface area contributed by atoms with E-state index in [1.165, 1.54) is 11.3 Å². The van der Waals surface area contributed by atoms with Crippen LogP contribution in [0.4, 0.5) is 5.69 Å². The summed E-state index contributed by atoms with van der Waals surface area (Å²) < 4.78 is 0. The number of hydrazine groups is 1. The van der Waals surface area contributed by atoms with Gasteiger partial charge in [0.15, 0.2) is 5.78 Å². The molecule has 0 fully saturated rings. The van der Waals surface area contributed by atoms with Crippen LogP contribution in [0.25, 0.3) is 0 Å². The van der Waals surface area contributed by atoms with Gasteiger partial charge in [-0.3, -0.25) is 20.0 Å². The fourth-order valence-electron chi connectivity index (χ4n) is 2.56. The molecule has 0 saturated heterocycles. The minimum atomic E-state index is -0.172. The zero-order chi connectivity index (χ0) is 18.2. The molecular formula is C21H20N2O2S. The second-order valence-electron chi connectivity index (χ2n) is 5.84. The number of ketones is 1. The molecule has 0 aliphatic rings. The Labute approximate surface area is 157 Å². The zero-order valence-electron chi connectivity index (χ0n) is 14.3. The number of nitrogens with zero attached hydrogens (tertiary/aromatic N) is 1. The highest BCUT2D eigenvalue weighted by Gasteiger charge is 2.14. The van der Waals surface area contributed by atoms with Crippen molar-refractivity contribution in [2.45, 2.75) is 19.4 Å². The predicted molar refractivity (Wildman–Crippen MR) is 105 cm³/mol. The highest BCUT2D eigenvalue weighted by molar-refractivity contribution is 7.12. The molecule has 1 amide bonds. The molecule has 0 atom stereocenters. The number of anilines is 1. The van der Waals surface area contributed by atoms with Crippen LogP contribution in [0.5, 0.6) is 0 Å². The van der Waals surface area contributed by atoms with E-state index in [0.717, 1.165) is 11.3 Å². The molecule has 132 valence electrons. The summed E-state index contributed by atoms with van der Waals surface area (Å²) in [4.78, 5) is 25.2. The van der Waals surface area contributed by atoms with E-state index in [-0.39, 0.29) is 24.5 Å². The standard InChI is InChI=1S/C21H20N2O2S/c24-19(20-12-7-15-26-20)13-14-21(25)22-23(18-10-5-2-6-11-18)16-17-8-3-1-4-9-17/h1-12,15H,13-14,16H2,(H,22,25). The van der Waals surface area contributed by atoms with Gasteiger partial charge in [0.05, 0.1) is 17.1 Å². The van der Waals surface area contributed by atoms with Gasteiger partial charge in [-0.15, -0.1) is 11.3 Å². The van der Waals surface area contributed by atoms with Gasteiger partial charge < -0.3 is 0 Å². The number of hydrogen-bond donors (Lipinski definition) is 1. The van der Waals surface area contributed by atoms with E-state index in [2.05, 4.69) is 5.43 Å². The largest absolute Gasteiger partial charge is 0.293 e. The van der Waals surface area contributed by atoms with Gasteiger partial charge in [0.1, 0.15) is 0 Å². The Balaban J connectivity index is 1.63. The van der Waals surface area contributed by atoms with Crippen LogP contribution in [0.1, 0.15) is 28.1 Å². The van der Waals surface area contributed by atoms with Gasteiger partial charge >= 0.3 is 0 Å². The molecule has 4 nitrogen and oxygen atoms in total. The number of nitrogens with one attached hydrogen (secondary N) is 1. The summed E-state index contributed by atoms with van der Waals surface area (Å²) in [6, 6.07) is 23.3. The fourth-order valence-corrected chi connectivity index (χ4v) is 3.26. The first kappa shape index (κ1) is 17.9. The summed E-state index contributed by atoms with van der Waals surface area (Å²) in [6.45, 7) is 0.551. The van der Waals surface area contributed by atoms with Crippen molar-refractivity contribution in [3.8, 4) is 0 Å². The van der Waals surface area contributed by atoms with Crippen molar-refractivity contribution in [3.63, 3.8) is 0 Å². The van der Waals surface area contributed by atoms with Crippen LogP contribution in [0, 0.1) is 0 Å². The Morgan fingerprint density at radius 3 is 2.19 bits per heavy atom. The maximum absolute atomic E-state index is 12.4. The summed E-state index contributed by atoms with van der Waals surface area (Å²) in [6.07, 6.45) is 0.370. The molecule has 5 heteroatoms. The molecule has 1 N–H and O–H groups in total. The molecule has 0 aliphatic heterocycles. The summed E-state index contributed by atoms with van der Waals surface area (Å²) in [5.74, 6) is -0.167. The lowest BCUT2D eigenvalue weighted by molar-refractivity contribution is -0.121. The molecule has 1 aromatic heterocycles. The summed E-state index contributed by atoms with van der Waals surface area (Å²) in [5.41, 5.74) is 4.91. The van der Waals surface area contributed by atoms with E-state index >= 15 is 0 Å². The molecule has 1 heterocycles. The Bertz CT molecular complexity index is 833. The van der Waals surface area contributed by atoms with Gasteiger partial charge in [0, 0.05) is 12.8 Å². The number of carbonyl (C=O) groups excluding carboxylic acids is 2. The van der Waals surface area contributed by atoms with E-state index in [1.54, 1.807) is 6.07 Å². The van der Waals surface area contributed by atoms with Crippen molar-refractivity contribution in [2.24, 2.45) is 0 Å². The quantitative estimate of drug-likeness (QED) is 0.475. The molecule has 0 radical (unpaired) electrons. The third-order valence-corrected chi connectivity index (χ3v) is 4.80. The van der Waals surface area contributed by atoms with Crippen molar-refractivity contribution >= 4 is 28.7 Å². The Morgan fingerprint density at radius 1 is 0.846 bits per heavy atom. The first-order chi connectivity index (χ1) is 12.7. The van der Waals surface area contributed by atoms with E-state index < -0.39 is 0 Å². The molecule has 0 bridgehead atoms. The Kier molecular flexibility index (Phi) is 6.17. The number of hydrogen-bond acceptors (Lipinski definition) is 4. The molecule has 2 aromatic carbocycles. The minimum absolute atomic E-state index is 0.00414. The van der Waals surface area contributed by atoms with Crippen molar-refractivity contribution in [2.75, 3.05) is 5.01 Å². The molecule has 26 heavy (non-hydrogen) atoms. The smallest absolute Gasteiger partial charge is 0.238 e. The normalized spacial score (nSPS) is 10.3. The average molecular weight is 364 g/mol. The van der Waals surface area contributed by atoms with Gasteiger partial charge in [0.2, 0.25) is 5.91 Å². The third-order valence-electron chi connectivity index (χ3n) is 3.89. The van der Waals surface area contributed by atoms with Crippen molar-refractivity contribution in [1.29, 1.82) is 0 Å². The van der Waals surface area contributed by atoms with Gasteiger partial charge in [-0.1, -0.05) is 54.6 Å². The topological polar surface area (TPSA) is 49.4 Å². The van der Waals surface area contributed by atoms with Crippen LogP contribution in [-0.2, 0) is 11.3 Å². The van der Waals surface area contributed by atoms with Crippen LogP contribution >= 0.6 is 11.3 Å². The van der Waals surface area contributed by atoms with E-state index in [0.29, 0.717) is 11.4 Å². The van der Waals surface area contributed by atoms with Gasteiger partial charge in [-0.2, -0.15) is 0 Å². The maximum Gasteiger partial charge on any atom is 0.238 e. The van der Waals surface area contributed by atoms with E-state index in [9.17, 15) is 9.59 Å². The number of para-hydroxylation sites is 1. The van der Waals surface area contributed by atoms with Crippen LogP contribution in [0.3, 0.4) is 0 Å². The monoisotopic (exact) mass is 364 g/mol. The van der Waals surface area contributed by atoms with Crippen LogP contribution < -0.4 is 10.4 Å². The Hall–Kier alpha value is -2.92. The SMILES string of the molecule is O=C(CCC(=O)c1cccs1)NN(Cc1ccccc1)c1ccccc1. The number of amides is 1. The van der Waals surface area contributed by atoms with Crippen LogP contribution in [-0.4, -0.2) is 11.7 Å².